The summed E-state index contributed by atoms with van der Waals surface area (Å²) < 4.78 is 13.0. The van der Waals surface area contributed by atoms with E-state index in [4.69, 9.17) is 19.2 Å². The molecule has 4 saturated heterocycles. The molecule has 176 valence electrons. The van der Waals surface area contributed by atoms with Crippen molar-refractivity contribution in [2.45, 2.75) is 96.5 Å². The van der Waals surface area contributed by atoms with Crippen molar-refractivity contribution in [3.05, 3.63) is 35.4 Å². The molecule has 0 radical (unpaired) electrons. The maximum Gasteiger partial charge on any atom is 0.220 e. The van der Waals surface area contributed by atoms with Crippen LogP contribution < -0.4 is 5.32 Å². The second-order valence-electron chi connectivity index (χ2n) is 10.7. The number of benzene rings is 1. The fourth-order valence-corrected chi connectivity index (χ4v) is 6.58. The first-order chi connectivity index (χ1) is 15.3. The van der Waals surface area contributed by atoms with E-state index in [1.807, 2.05) is 6.92 Å². The van der Waals surface area contributed by atoms with Gasteiger partial charge in [0.25, 0.3) is 0 Å². The fourth-order valence-electron chi connectivity index (χ4n) is 6.58. The van der Waals surface area contributed by atoms with Gasteiger partial charge in [0, 0.05) is 25.3 Å². The van der Waals surface area contributed by atoms with Gasteiger partial charge in [0.1, 0.15) is 0 Å². The lowest BCUT2D eigenvalue weighted by molar-refractivity contribution is -0.571. The summed E-state index contributed by atoms with van der Waals surface area (Å²) in [7, 11) is 0. The minimum Gasteiger partial charge on any atom is -0.352 e. The third-order valence-electron chi connectivity index (χ3n) is 8.56. The van der Waals surface area contributed by atoms with E-state index in [-0.39, 0.29) is 17.9 Å². The van der Waals surface area contributed by atoms with Crippen LogP contribution in [0.5, 0.6) is 0 Å². The molecular weight excluding hydrogens is 406 g/mol. The largest absolute Gasteiger partial charge is 0.352 e. The second kappa shape index (κ2) is 8.39. The van der Waals surface area contributed by atoms with Gasteiger partial charge in [-0.05, 0) is 62.8 Å². The van der Waals surface area contributed by atoms with Crippen LogP contribution in [-0.2, 0) is 30.6 Å². The van der Waals surface area contributed by atoms with Gasteiger partial charge in [-0.25, -0.2) is 9.78 Å². The first-order valence-corrected chi connectivity index (χ1v) is 12.3. The molecule has 5 fully saturated rings. The molecule has 4 heterocycles. The molecule has 1 aliphatic carbocycles. The third kappa shape index (κ3) is 3.79. The van der Waals surface area contributed by atoms with E-state index in [0.29, 0.717) is 37.1 Å². The van der Waals surface area contributed by atoms with E-state index in [0.717, 1.165) is 24.8 Å². The van der Waals surface area contributed by atoms with E-state index in [2.05, 4.69) is 50.4 Å². The zero-order chi connectivity index (χ0) is 22.5. The van der Waals surface area contributed by atoms with E-state index >= 15 is 0 Å². The van der Waals surface area contributed by atoms with Gasteiger partial charge in [0.05, 0.1) is 6.10 Å². The summed E-state index contributed by atoms with van der Waals surface area (Å²) in [6, 6.07) is 8.26. The number of ether oxygens (including phenoxy) is 2. The zero-order valence-electron chi connectivity index (χ0n) is 19.8. The molecule has 0 aromatic heterocycles. The molecule has 6 rings (SSSR count). The van der Waals surface area contributed by atoms with Gasteiger partial charge >= 0.3 is 0 Å². The first kappa shape index (κ1) is 22.3. The van der Waals surface area contributed by atoms with Crippen molar-refractivity contribution < 1.29 is 24.0 Å². The van der Waals surface area contributed by atoms with Gasteiger partial charge in [-0.3, -0.25) is 4.79 Å². The highest BCUT2D eigenvalue weighted by atomic mass is 17.3. The lowest BCUT2D eigenvalue weighted by Gasteiger charge is -2.60. The lowest BCUT2D eigenvalue weighted by Crippen LogP contribution is -2.70. The second-order valence-corrected chi connectivity index (χ2v) is 10.7. The predicted molar refractivity (Wildman–Crippen MR) is 119 cm³/mol. The van der Waals surface area contributed by atoms with Gasteiger partial charge in [-0.15, -0.1) is 0 Å². The highest BCUT2D eigenvalue weighted by molar-refractivity contribution is 5.75. The van der Waals surface area contributed by atoms with Gasteiger partial charge in [-0.1, -0.05) is 43.7 Å². The smallest absolute Gasteiger partial charge is 0.220 e. The van der Waals surface area contributed by atoms with Crippen LogP contribution in [0.1, 0.15) is 70.4 Å². The van der Waals surface area contributed by atoms with Crippen LogP contribution in [0.15, 0.2) is 24.3 Å². The van der Waals surface area contributed by atoms with Gasteiger partial charge in [0.15, 0.2) is 11.9 Å². The summed E-state index contributed by atoms with van der Waals surface area (Å²) in [6.45, 7) is 9.15. The molecule has 8 atom stereocenters. The molecule has 5 aliphatic rings. The minimum atomic E-state index is -0.756. The summed E-state index contributed by atoms with van der Waals surface area (Å²) in [5.74, 6) is 0.824. The van der Waals surface area contributed by atoms with Crippen LogP contribution in [0.4, 0.5) is 0 Å². The molecule has 0 unspecified atom stereocenters. The highest BCUT2D eigenvalue weighted by Crippen LogP contribution is 2.60. The summed E-state index contributed by atoms with van der Waals surface area (Å²) in [4.78, 5) is 24.6. The summed E-state index contributed by atoms with van der Waals surface area (Å²) in [5, 5.41) is 3.05. The van der Waals surface area contributed by atoms with Crippen molar-refractivity contribution in [2.24, 2.45) is 23.7 Å². The molecule has 1 saturated carbocycles. The third-order valence-corrected chi connectivity index (χ3v) is 8.56. The Balaban J connectivity index is 1.25. The lowest BCUT2D eigenvalue weighted by atomic mass is 9.57. The number of hydrogen-bond acceptors (Lipinski definition) is 5. The predicted octanol–water partition coefficient (Wildman–Crippen LogP) is 4.64. The Morgan fingerprint density at radius 1 is 1.09 bits per heavy atom. The van der Waals surface area contributed by atoms with E-state index in [1.165, 1.54) is 12.0 Å². The SMILES string of the molecule is Cc1ccc(CNC(=O)CC[C@H]2O[C@@H]3O[C@]4(C)CC[C@H]5[C@H](C)CC[C@@H]([C@H]2C)[C@@]35OO4)cc1. The molecule has 1 N–H and O–H groups in total. The molecular formula is C26H37NO5. The maximum atomic E-state index is 12.6. The topological polar surface area (TPSA) is 66.0 Å². The number of carbonyl (C=O) groups is 1. The molecule has 2 bridgehead atoms. The Bertz CT molecular complexity index is 843. The Hall–Kier alpha value is -1.47. The number of rotatable bonds is 5. The molecule has 4 aliphatic heterocycles. The Labute approximate surface area is 191 Å². The Kier molecular flexibility index (Phi) is 5.85. The van der Waals surface area contributed by atoms with Crippen LogP contribution in [0.2, 0.25) is 0 Å². The fraction of sp³-hybridized carbons (Fsp3) is 0.731. The standard InChI is InChI=1S/C26H37NO5/c1-16-5-8-19(9-6-16)15-27-23(28)12-11-22-18(3)21-10-7-17(2)20-13-14-25(4)30-24(29-22)26(20,21)32-31-25/h5-6,8-9,17-18,20-22,24H,7,10-15H2,1-4H3,(H,27,28)/t17-,18-,20+,21+,22-,24-,25+,26-/m1/s1. The molecule has 6 nitrogen and oxygen atoms in total. The minimum absolute atomic E-state index is 0.0265. The number of fused-ring (bicyclic) bond motifs is 2. The average molecular weight is 444 g/mol. The number of nitrogens with one attached hydrogen (secondary N) is 1. The Morgan fingerprint density at radius 2 is 1.88 bits per heavy atom. The molecule has 1 aromatic carbocycles. The van der Waals surface area contributed by atoms with Crippen molar-refractivity contribution >= 4 is 5.91 Å². The van der Waals surface area contributed by atoms with Crippen molar-refractivity contribution in [3.63, 3.8) is 0 Å². The van der Waals surface area contributed by atoms with Crippen molar-refractivity contribution in [3.8, 4) is 0 Å². The molecule has 6 heteroatoms. The van der Waals surface area contributed by atoms with Crippen LogP contribution >= 0.6 is 0 Å². The zero-order valence-corrected chi connectivity index (χ0v) is 19.8. The summed E-state index contributed by atoms with van der Waals surface area (Å²) in [6.07, 6.45) is 4.80. The number of carbonyl (C=O) groups excluding carboxylic acids is 1. The van der Waals surface area contributed by atoms with Crippen molar-refractivity contribution in [2.75, 3.05) is 0 Å². The quantitative estimate of drug-likeness (QED) is 0.672. The maximum absolute atomic E-state index is 12.6. The van der Waals surface area contributed by atoms with E-state index < -0.39 is 17.7 Å². The number of hydrogen-bond donors (Lipinski definition) is 1. The highest BCUT2D eigenvalue weighted by Gasteiger charge is 2.69. The van der Waals surface area contributed by atoms with Crippen LogP contribution in [0.3, 0.4) is 0 Å². The Morgan fingerprint density at radius 3 is 2.66 bits per heavy atom. The van der Waals surface area contributed by atoms with Gasteiger partial charge in [0.2, 0.25) is 11.7 Å². The van der Waals surface area contributed by atoms with Gasteiger partial charge < -0.3 is 14.8 Å². The molecule has 1 amide bonds. The number of aryl methyl sites for hydroxylation is 1. The molecule has 1 spiro atoms. The van der Waals surface area contributed by atoms with Crippen LogP contribution in [0.25, 0.3) is 0 Å². The normalized spacial score (nSPS) is 42.8. The van der Waals surface area contributed by atoms with Crippen molar-refractivity contribution in [1.29, 1.82) is 0 Å². The van der Waals surface area contributed by atoms with Crippen LogP contribution in [-0.4, -0.2) is 29.7 Å². The molecule has 32 heavy (non-hydrogen) atoms. The van der Waals surface area contributed by atoms with Gasteiger partial charge in [-0.2, -0.15) is 0 Å². The number of amides is 1. The van der Waals surface area contributed by atoms with E-state index in [9.17, 15) is 4.79 Å². The van der Waals surface area contributed by atoms with E-state index in [1.54, 1.807) is 0 Å². The first-order valence-electron chi connectivity index (χ1n) is 12.3. The van der Waals surface area contributed by atoms with Crippen LogP contribution in [0, 0.1) is 30.6 Å². The summed E-state index contributed by atoms with van der Waals surface area (Å²) in [5.41, 5.74) is 1.80. The summed E-state index contributed by atoms with van der Waals surface area (Å²) >= 11 is 0. The van der Waals surface area contributed by atoms with Crippen molar-refractivity contribution in [1.82, 2.24) is 5.32 Å². The molecule has 1 aromatic rings. The average Bonchev–Trinajstić information content (AvgIpc) is 3.01. The monoisotopic (exact) mass is 443 g/mol.